The lowest BCUT2D eigenvalue weighted by Gasteiger charge is -2.05. The van der Waals surface area contributed by atoms with E-state index in [1.165, 1.54) is 0 Å². The van der Waals surface area contributed by atoms with Crippen LogP contribution in [0.1, 0.15) is 12.0 Å². The highest BCUT2D eigenvalue weighted by Gasteiger charge is 2.03. The van der Waals surface area contributed by atoms with Crippen LogP contribution in [0, 0.1) is 0 Å². The number of hydrogen-bond donors (Lipinski definition) is 1. The molecule has 0 aliphatic heterocycles. The van der Waals surface area contributed by atoms with Gasteiger partial charge in [0.05, 0.1) is 6.61 Å². The number of methoxy groups -OCH3 is 1. The quantitative estimate of drug-likeness (QED) is 0.814. The Morgan fingerprint density at radius 3 is 2.88 bits per heavy atom. The maximum Gasteiger partial charge on any atom is 0.220 e. The number of hydrogen-bond acceptors (Lipinski definition) is 2. The molecule has 0 aliphatic rings. The van der Waals surface area contributed by atoms with E-state index in [0.29, 0.717) is 19.6 Å². The zero-order valence-electron chi connectivity index (χ0n) is 9.33. The molecule has 0 aromatic heterocycles. The second kappa shape index (κ2) is 7.41. The van der Waals surface area contributed by atoms with Gasteiger partial charge >= 0.3 is 0 Å². The van der Waals surface area contributed by atoms with Crippen molar-refractivity contribution in [3.8, 4) is 0 Å². The number of halogens is 1. The van der Waals surface area contributed by atoms with E-state index in [9.17, 15) is 4.79 Å². The van der Waals surface area contributed by atoms with Crippen LogP contribution in [0.5, 0.6) is 0 Å². The average Bonchev–Trinajstić information content (AvgIpc) is 2.28. The molecule has 3 nitrogen and oxygen atoms in total. The third-order valence-electron chi connectivity index (χ3n) is 2.21. The molecule has 0 radical (unpaired) electrons. The van der Waals surface area contributed by atoms with Crippen molar-refractivity contribution < 1.29 is 9.53 Å². The van der Waals surface area contributed by atoms with E-state index >= 15 is 0 Å². The van der Waals surface area contributed by atoms with Gasteiger partial charge in [0, 0.05) is 24.5 Å². The highest BCUT2D eigenvalue weighted by Crippen LogP contribution is 2.17. The fourth-order valence-corrected chi connectivity index (χ4v) is 1.81. The minimum Gasteiger partial charge on any atom is -0.383 e. The summed E-state index contributed by atoms with van der Waals surface area (Å²) in [7, 11) is 1.62. The number of carbonyl (C=O) groups excluding carboxylic acids is 1. The number of amides is 1. The first kappa shape index (κ1) is 13.2. The molecule has 0 bridgehead atoms. The van der Waals surface area contributed by atoms with Gasteiger partial charge in [0.2, 0.25) is 5.91 Å². The molecule has 0 aliphatic carbocycles. The van der Waals surface area contributed by atoms with Crippen molar-refractivity contribution >= 4 is 21.8 Å². The molecule has 1 aromatic carbocycles. The molecule has 0 fully saturated rings. The molecule has 1 aromatic rings. The second-order valence-electron chi connectivity index (χ2n) is 3.43. The van der Waals surface area contributed by atoms with Gasteiger partial charge in [-0.25, -0.2) is 0 Å². The molecule has 0 spiro atoms. The average molecular weight is 286 g/mol. The van der Waals surface area contributed by atoms with E-state index in [-0.39, 0.29) is 5.91 Å². The van der Waals surface area contributed by atoms with Crippen molar-refractivity contribution in [2.75, 3.05) is 20.3 Å². The Balaban J connectivity index is 2.29. The minimum absolute atomic E-state index is 0.0628. The summed E-state index contributed by atoms with van der Waals surface area (Å²) in [5, 5.41) is 2.79. The molecule has 0 unspecified atom stereocenters. The molecule has 1 N–H and O–H groups in total. The van der Waals surface area contributed by atoms with Crippen LogP contribution in [0.2, 0.25) is 0 Å². The van der Waals surface area contributed by atoms with E-state index < -0.39 is 0 Å². The van der Waals surface area contributed by atoms with E-state index in [1.54, 1.807) is 7.11 Å². The summed E-state index contributed by atoms with van der Waals surface area (Å²) < 4.78 is 5.91. The lowest BCUT2D eigenvalue weighted by Crippen LogP contribution is -2.27. The molecule has 4 heteroatoms. The van der Waals surface area contributed by atoms with Gasteiger partial charge in [-0.3, -0.25) is 4.79 Å². The van der Waals surface area contributed by atoms with Gasteiger partial charge in [0.15, 0.2) is 0 Å². The minimum atomic E-state index is 0.0628. The molecule has 0 saturated heterocycles. The van der Waals surface area contributed by atoms with Gasteiger partial charge in [0.1, 0.15) is 0 Å². The fourth-order valence-electron chi connectivity index (χ4n) is 1.33. The summed E-state index contributed by atoms with van der Waals surface area (Å²) >= 11 is 3.46. The maximum atomic E-state index is 11.4. The first-order chi connectivity index (χ1) is 7.74. The number of benzene rings is 1. The van der Waals surface area contributed by atoms with E-state index in [0.717, 1.165) is 16.5 Å². The predicted molar refractivity (Wildman–Crippen MR) is 67.3 cm³/mol. The molecule has 88 valence electrons. The number of rotatable bonds is 6. The van der Waals surface area contributed by atoms with Crippen molar-refractivity contribution in [3.63, 3.8) is 0 Å². The molecular formula is C12H16BrNO2. The summed E-state index contributed by atoms with van der Waals surface area (Å²) in [5.41, 5.74) is 1.16. The van der Waals surface area contributed by atoms with Crippen LogP contribution in [-0.4, -0.2) is 26.2 Å². The molecule has 1 rings (SSSR count). The van der Waals surface area contributed by atoms with Crippen molar-refractivity contribution in [2.24, 2.45) is 0 Å². The van der Waals surface area contributed by atoms with Gasteiger partial charge < -0.3 is 10.1 Å². The van der Waals surface area contributed by atoms with Gasteiger partial charge in [-0.2, -0.15) is 0 Å². The first-order valence-corrected chi connectivity index (χ1v) is 6.02. The van der Waals surface area contributed by atoms with Crippen LogP contribution in [0.3, 0.4) is 0 Å². The normalized spacial score (nSPS) is 10.1. The third-order valence-corrected chi connectivity index (χ3v) is 2.98. The van der Waals surface area contributed by atoms with Crippen molar-refractivity contribution in [2.45, 2.75) is 12.8 Å². The van der Waals surface area contributed by atoms with E-state index in [4.69, 9.17) is 4.74 Å². The van der Waals surface area contributed by atoms with Crippen LogP contribution in [-0.2, 0) is 16.0 Å². The second-order valence-corrected chi connectivity index (χ2v) is 4.29. The SMILES string of the molecule is COCCNC(=O)CCc1ccccc1Br. The molecular weight excluding hydrogens is 270 g/mol. The standard InChI is InChI=1S/C12H16BrNO2/c1-16-9-8-14-12(15)7-6-10-4-2-3-5-11(10)13/h2-5H,6-9H2,1H3,(H,14,15). The summed E-state index contributed by atoms with van der Waals surface area (Å²) in [6.07, 6.45) is 1.26. The lowest BCUT2D eigenvalue weighted by atomic mass is 10.1. The monoisotopic (exact) mass is 285 g/mol. The number of ether oxygens (including phenoxy) is 1. The van der Waals surface area contributed by atoms with Crippen molar-refractivity contribution in [1.29, 1.82) is 0 Å². The fraction of sp³-hybridized carbons (Fsp3) is 0.417. The van der Waals surface area contributed by atoms with Crippen LogP contribution in [0.25, 0.3) is 0 Å². The largest absolute Gasteiger partial charge is 0.383 e. The van der Waals surface area contributed by atoms with Crippen LogP contribution in [0.15, 0.2) is 28.7 Å². The molecule has 0 saturated carbocycles. The number of carbonyl (C=O) groups is 1. The van der Waals surface area contributed by atoms with Crippen molar-refractivity contribution in [3.05, 3.63) is 34.3 Å². The van der Waals surface area contributed by atoms with Gasteiger partial charge in [-0.05, 0) is 18.1 Å². The summed E-state index contributed by atoms with van der Waals surface area (Å²) in [6, 6.07) is 7.94. The Morgan fingerprint density at radius 1 is 1.44 bits per heavy atom. The van der Waals surface area contributed by atoms with Crippen LogP contribution in [0.4, 0.5) is 0 Å². The highest BCUT2D eigenvalue weighted by atomic mass is 79.9. The summed E-state index contributed by atoms with van der Waals surface area (Å²) in [4.78, 5) is 11.4. The molecule has 0 atom stereocenters. The van der Waals surface area contributed by atoms with E-state index in [2.05, 4.69) is 21.2 Å². The Hall–Kier alpha value is -0.870. The number of aryl methyl sites for hydroxylation is 1. The molecule has 16 heavy (non-hydrogen) atoms. The Morgan fingerprint density at radius 2 is 2.19 bits per heavy atom. The van der Waals surface area contributed by atoms with Crippen LogP contribution < -0.4 is 5.32 Å². The predicted octanol–water partition coefficient (Wildman–Crippen LogP) is 2.14. The third kappa shape index (κ3) is 4.77. The first-order valence-electron chi connectivity index (χ1n) is 5.23. The summed E-state index contributed by atoms with van der Waals surface area (Å²) in [5.74, 6) is 0.0628. The molecule has 0 heterocycles. The smallest absolute Gasteiger partial charge is 0.220 e. The summed E-state index contributed by atoms with van der Waals surface area (Å²) in [6.45, 7) is 1.13. The Labute approximate surface area is 104 Å². The number of nitrogens with one attached hydrogen (secondary N) is 1. The van der Waals surface area contributed by atoms with E-state index in [1.807, 2.05) is 24.3 Å². The zero-order chi connectivity index (χ0) is 11.8. The maximum absolute atomic E-state index is 11.4. The Kier molecular flexibility index (Phi) is 6.11. The topological polar surface area (TPSA) is 38.3 Å². The van der Waals surface area contributed by atoms with Crippen LogP contribution >= 0.6 is 15.9 Å². The van der Waals surface area contributed by atoms with Gasteiger partial charge in [0.25, 0.3) is 0 Å². The Bertz CT molecular complexity index is 342. The zero-order valence-corrected chi connectivity index (χ0v) is 10.9. The lowest BCUT2D eigenvalue weighted by molar-refractivity contribution is -0.121. The van der Waals surface area contributed by atoms with Crippen molar-refractivity contribution in [1.82, 2.24) is 5.32 Å². The van der Waals surface area contributed by atoms with Gasteiger partial charge in [-0.1, -0.05) is 34.1 Å². The molecule has 1 amide bonds. The highest BCUT2D eigenvalue weighted by molar-refractivity contribution is 9.10. The van der Waals surface area contributed by atoms with Gasteiger partial charge in [-0.15, -0.1) is 0 Å².